The second-order valence-corrected chi connectivity index (χ2v) is 2.17. The van der Waals surface area contributed by atoms with Crippen LogP contribution in [0.4, 0.5) is 0 Å². The molecule has 1 heteroatoms. The number of hydrogen-bond acceptors (Lipinski definition) is 1. The summed E-state index contributed by atoms with van der Waals surface area (Å²) in [4.78, 5) is 0. The normalized spacial score (nSPS) is 6.83. The van der Waals surface area contributed by atoms with Gasteiger partial charge in [0.15, 0.2) is 0 Å². The molecule has 0 heterocycles. The molecule has 0 aliphatic heterocycles. The minimum Gasteiger partial charge on any atom is -0.481 e. The molecular formula is C11H12O. The average molecular weight is 160 g/mol. The molecule has 0 aliphatic carbocycles. The van der Waals surface area contributed by atoms with Crippen LogP contribution in [0.1, 0.15) is 13.8 Å². The van der Waals surface area contributed by atoms with Crippen LogP contribution in [0, 0.1) is 23.7 Å². The van der Waals surface area contributed by atoms with Gasteiger partial charge in [0.25, 0.3) is 0 Å². The lowest BCUT2D eigenvalue weighted by molar-refractivity contribution is 0.264. The molecule has 0 unspecified atom stereocenters. The lowest BCUT2D eigenvalue weighted by atomic mass is 10.3. The zero-order valence-corrected chi connectivity index (χ0v) is 7.53. The van der Waals surface area contributed by atoms with Crippen LogP contribution in [0.25, 0.3) is 0 Å². The predicted octanol–water partition coefficient (Wildman–Crippen LogP) is 2.12. The Morgan fingerprint density at radius 3 is 2.50 bits per heavy atom. The Morgan fingerprint density at radius 2 is 2.00 bits per heavy atom. The summed E-state index contributed by atoms with van der Waals surface area (Å²) in [5, 5.41) is 0. The Labute approximate surface area is 74.1 Å². The number of ether oxygens (including phenoxy) is 1. The van der Waals surface area contributed by atoms with Gasteiger partial charge in [-0.1, -0.05) is 19.1 Å². The molecule has 12 heavy (non-hydrogen) atoms. The average Bonchev–Trinajstić information content (AvgIpc) is 2.03. The van der Waals surface area contributed by atoms with Crippen molar-refractivity contribution in [2.45, 2.75) is 13.8 Å². The second kappa shape index (κ2) is 6.13. The Morgan fingerprint density at radius 1 is 1.33 bits per heavy atom. The minimum atomic E-state index is 0.320. The van der Waals surface area contributed by atoms with Crippen LogP contribution < -0.4 is 0 Å². The molecular weight excluding hydrogens is 148 g/mol. The van der Waals surface area contributed by atoms with Gasteiger partial charge >= 0.3 is 0 Å². The molecule has 0 rings (SSSR count). The van der Waals surface area contributed by atoms with E-state index in [1.165, 1.54) is 0 Å². The molecule has 0 aliphatic rings. The smallest absolute Gasteiger partial charge is 0.150 e. The summed E-state index contributed by atoms with van der Waals surface area (Å²) < 4.78 is 5.11. The van der Waals surface area contributed by atoms with Crippen molar-refractivity contribution in [1.82, 2.24) is 0 Å². The summed E-state index contributed by atoms with van der Waals surface area (Å²) in [6, 6.07) is 0. The summed E-state index contributed by atoms with van der Waals surface area (Å²) >= 11 is 0. The van der Waals surface area contributed by atoms with Gasteiger partial charge < -0.3 is 4.74 Å². The van der Waals surface area contributed by atoms with E-state index in [9.17, 15) is 0 Å². The molecule has 0 saturated heterocycles. The summed E-state index contributed by atoms with van der Waals surface area (Å²) in [5.41, 5.74) is 0.818. The monoisotopic (exact) mass is 160 g/mol. The van der Waals surface area contributed by atoms with E-state index in [2.05, 4.69) is 36.8 Å². The first-order valence-electron chi connectivity index (χ1n) is 3.55. The van der Waals surface area contributed by atoms with Gasteiger partial charge in [-0.15, -0.1) is 0 Å². The van der Waals surface area contributed by atoms with Crippen LogP contribution in [0.15, 0.2) is 24.5 Å². The van der Waals surface area contributed by atoms with Crippen molar-refractivity contribution < 1.29 is 4.74 Å². The number of allylic oxidation sites excluding steroid dienone is 1. The van der Waals surface area contributed by atoms with Gasteiger partial charge in [0, 0.05) is 0 Å². The van der Waals surface area contributed by atoms with Gasteiger partial charge in [0.05, 0.1) is 0 Å². The van der Waals surface area contributed by atoms with E-state index >= 15 is 0 Å². The third-order valence-electron chi connectivity index (χ3n) is 1.07. The molecule has 0 fully saturated rings. The number of rotatable bonds is 3. The molecule has 0 amide bonds. The highest BCUT2D eigenvalue weighted by Crippen LogP contribution is 2.03. The van der Waals surface area contributed by atoms with Gasteiger partial charge in [-0.25, -0.2) is 0 Å². The maximum atomic E-state index is 5.11. The minimum absolute atomic E-state index is 0.320. The molecule has 0 radical (unpaired) electrons. The lowest BCUT2D eigenvalue weighted by Crippen LogP contribution is -1.91. The lowest BCUT2D eigenvalue weighted by Gasteiger charge is -2.02. The van der Waals surface area contributed by atoms with E-state index in [1.807, 2.05) is 6.92 Å². The summed E-state index contributed by atoms with van der Waals surface area (Å²) in [6.45, 7) is 11.2. The highest BCUT2D eigenvalue weighted by Gasteiger charge is 1.90. The fourth-order valence-electron chi connectivity index (χ4n) is 0.389. The van der Waals surface area contributed by atoms with E-state index in [-0.39, 0.29) is 0 Å². The first-order chi connectivity index (χ1) is 5.68. The molecule has 0 spiro atoms. The SMILES string of the molecule is C=C(C)C(=C)OCC#CC#CC. The van der Waals surface area contributed by atoms with Crippen molar-refractivity contribution in [3.05, 3.63) is 24.5 Å². The zero-order valence-electron chi connectivity index (χ0n) is 7.53. The highest BCUT2D eigenvalue weighted by molar-refractivity contribution is 5.25. The number of hydrogen-bond donors (Lipinski definition) is 0. The van der Waals surface area contributed by atoms with E-state index in [1.54, 1.807) is 6.92 Å². The molecule has 62 valence electrons. The van der Waals surface area contributed by atoms with E-state index in [4.69, 9.17) is 4.74 Å². The van der Waals surface area contributed by atoms with Crippen LogP contribution in [-0.4, -0.2) is 6.61 Å². The maximum absolute atomic E-state index is 5.11. The second-order valence-electron chi connectivity index (χ2n) is 2.17. The fraction of sp³-hybridized carbons (Fsp3) is 0.273. The van der Waals surface area contributed by atoms with Gasteiger partial charge in [-0.05, 0) is 37.2 Å². The molecule has 0 bridgehead atoms. The Bertz CT molecular complexity index is 288. The molecule has 0 N–H and O–H groups in total. The van der Waals surface area contributed by atoms with Gasteiger partial charge in [0.2, 0.25) is 0 Å². The Hall–Kier alpha value is -1.60. The summed E-state index contributed by atoms with van der Waals surface area (Å²) in [6.07, 6.45) is 0. The quantitative estimate of drug-likeness (QED) is 0.349. The van der Waals surface area contributed by atoms with Crippen LogP contribution in [-0.2, 0) is 4.74 Å². The van der Waals surface area contributed by atoms with Crippen molar-refractivity contribution in [2.24, 2.45) is 0 Å². The maximum Gasteiger partial charge on any atom is 0.150 e. The highest BCUT2D eigenvalue weighted by atomic mass is 16.5. The molecule has 1 nitrogen and oxygen atoms in total. The fourth-order valence-corrected chi connectivity index (χ4v) is 0.389. The van der Waals surface area contributed by atoms with E-state index in [0.29, 0.717) is 12.4 Å². The molecule has 0 aromatic rings. The molecule has 0 aromatic carbocycles. The first-order valence-corrected chi connectivity index (χ1v) is 3.55. The van der Waals surface area contributed by atoms with Crippen molar-refractivity contribution in [2.75, 3.05) is 6.61 Å². The third kappa shape index (κ3) is 5.21. The van der Waals surface area contributed by atoms with Gasteiger partial charge in [-0.2, -0.15) is 0 Å². The van der Waals surface area contributed by atoms with Crippen LogP contribution in [0.5, 0.6) is 0 Å². The van der Waals surface area contributed by atoms with Crippen molar-refractivity contribution in [3.63, 3.8) is 0 Å². The Balaban J connectivity index is 3.71. The van der Waals surface area contributed by atoms with Crippen molar-refractivity contribution in [1.29, 1.82) is 0 Å². The summed E-state index contributed by atoms with van der Waals surface area (Å²) in [5.74, 6) is 11.2. The van der Waals surface area contributed by atoms with Crippen molar-refractivity contribution in [3.8, 4) is 23.7 Å². The van der Waals surface area contributed by atoms with E-state index < -0.39 is 0 Å². The summed E-state index contributed by atoms with van der Waals surface area (Å²) in [7, 11) is 0. The zero-order chi connectivity index (χ0) is 9.40. The van der Waals surface area contributed by atoms with Crippen LogP contribution in [0.2, 0.25) is 0 Å². The third-order valence-corrected chi connectivity index (χ3v) is 1.07. The first kappa shape index (κ1) is 10.4. The predicted molar refractivity (Wildman–Crippen MR) is 51.1 cm³/mol. The molecule has 0 saturated carbocycles. The molecule has 0 atom stereocenters. The van der Waals surface area contributed by atoms with E-state index in [0.717, 1.165) is 5.57 Å². The van der Waals surface area contributed by atoms with Gasteiger partial charge in [0.1, 0.15) is 12.4 Å². The largest absolute Gasteiger partial charge is 0.481 e. The standard InChI is InChI=1S/C11H12O/c1-5-6-7-8-9-12-11(4)10(2)3/h2,4,9H2,1,3H3. The topological polar surface area (TPSA) is 9.23 Å². The van der Waals surface area contributed by atoms with Crippen molar-refractivity contribution >= 4 is 0 Å². The van der Waals surface area contributed by atoms with Crippen LogP contribution in [0.3, 0.4) is 0 Å². The Kier molecular flexibility index (Phi) is 5.31. The van der Waals surface area contributed by atoms with Crippen LogP contribution >= 0.6 is 0 Å². The van der Waals surface area contributed by atoms with Gasteiger partial charge in [-0.3, -0.25) is 0 Å². The molecule has 0 aromatic heterocycles.